The van der Waals surface area contributed by atoms with Gasteiger partial charge in [0.25, 0.3) is 5.91 Å². The van der Waals surface area contributed by atoms with E-state index in [2.05, 4.69) is 32.6 Å². The smallest absolute Gasteiger partial charge is 0.252 e. The second kappa shape index (κ2) is 6.89. The molecule has 3 heterocycles. The molecule has 8 nitrogen and oxygen atoms in total. The van der Waals surface area contributed by atoms with Crippen LogP contribution in [0.2, 0.25) is 0 Å². The van der Waals surface area contributed by atoms with Gasteiger partial charge in [-0.1, -0.05) is 6.07 Å². The summed E-state index contributed by atoms with van der Waals surface area (Å²) in [7, 11) is 3.99. The number of likely N-dealkylation sites (N-methyl/N-ethyl adjacent to an activating group) is 1. The maximum absolute atomic E-state index is 12.7. The molecule has 0 spiro atoms. The van der Waals surface area contributed by atoms with Gasteiger partial charge in [0.1, 0.15) is 0 Å². The fourth-order valence-corrected chi connectivity index (χ4v) is 3.58. The van der Waals surface area contributed by atoms with Crippen LogP contribution in [-0.4, -0.2) is 63.6 Å². The van der Waals surface area contributed by atoms with Crippen LogP contribution >= 0.6 is 0 Å². The lowest BCUT2D eigenvalue weighted by Crippen LogP contribution is -2.48. The number of aromatic amines is 1. The summed E-state index contributed by atoms with van der Waals surface area (Å²) in [4.78, 5) is 14.9. The molecule has 1 fully saturated rings. The summed E-state index contributed by atoms with van der Waals surface area (Å²) in [6.07, 6.45) is 3.32. The Bertz CT molecular complexity index is 917. The predicted octanol–water partition coefficient (Wildman–Crippen LogP) is 1.10. The highest BCUT2D eigenvalue weighted by molar-refractivity contribution is 6.06. The van der Waals surface area contributed by atoms with Crippen LogP contribution in [0.4, 0.5) is 0 Å². The first-order valence-electron chi connectivity index (χ1n) is 8.65. The van der Waals surface area contributed by atoms with E-state index in [4.69, 9.17) is 4.74 Å². The molecule has 1 aliphatic heterocycles. The Balaban J connectivity index is 1.51. The molecule has 0 radical (unpaired) electrons. The molecule has 4 rings (SSSR count). The van der Waals surface area contributed by atoms with E-state index in [0.717, 1.165) is 23.1 Å². The number of amides is 1. The van der Waals surface area contributed by atoms with E-state index in [0.29, 0.717) is 18.7 Å². The molecule has 3 aromatic rings. The zero-order valence-corrected chi connectivity index (χ0v) is 14.8. The summed E-state index contributed by atoms with van der Waals surface area (Å²) in [6.45, 7) is 1.91. The predicted molar refractivity (Wildman–Crippen MR) is 96.7 cm³/mol. The molecular formula is C18H22N6O2. The quantitative estimate of drug-likeness (QED) is 0.732. The van der Waals surface area contributed by atoms with Crippen molar-refractivity contribution in [3.63, 3.8) is 0 Å². The second-order valence-corrected chi connectivity index (χ2v) is 6.56. The third-order valence-corrected chi connectivity index (χ3v) is 4.96. The second-order valence-electron chi connectivity index (χ2n) is 6.56. The summed E-state index contributed by atoms with van der Waals surface area (Å²) in [5.41, 5.74) is 2.53. The number of H-pyrrole nitrogens is 1. The average Bonchev–Trinajstić information content (AvgIpc) is 3.28. The van der Waals surface area contributed by atoms with Gasteiger partial charge < -0.3 is 10.1 Å². The number of rotatable bonds is 4. The molecule has 0 aliphatic carbocycles. The highest BCUT2D eigenvalue weighted by Gasteiger charge is 2.33. The van der Waals surface area contributed by atoms with E-state index in [1.165, 1.54) is 0 Å². The normalized spacial score (nSPS) is 21.2. The molecule has 2 aromatic heterocycles. The zero-order chi connectivity index (χ0) is 18.1. The minimum atomic E-state index is -0.142. The number of hydrogen-bond donors (Lipinski definition) is 2. The topological polar surface area (TPSA) is 88.1 Å². The average molecular weight is 354 g/mol. The number of fused-ring (bicyclic) bond motifs is 1. The van der Waals surface area contributed by atoms with Gasteiger partial charge in [-0.25, -0.2) is 0 Å². The molecule has 136 valence electrons. The monoisotopic (exact) mass is 354 g/mol. The molecule has 1 saturated heterocycles. The van der Waals surface area contributed by atoms with Gasteiger partial charge in [0.05, 0.1) is 41.7 Å². The van der Waals surface area contributed by atoms with Gasteiger partial charge in [0, 0.05) is 31.7 Å². The van der Waals surface area contributed by atoms with E-state index < -0.39 is 0 Å². The van der Waals surface area contributed by atoms with Crippen molar-refractivity contribution < 1.29 is 9.53 Å². The molecule has 0 unspecified atom stereocenters. The van der Waals surface area contributed by atoms with Crippen molar-refractivity contribution in [3.05, 3.63) is 47.9 Å². The standard InChI is InChI=1S/C18H22N6O2/c1-23-8-9-26-16(17(23)15-6-7-21-24(15)2)11-19-18(25)12-4-3-5-14-13(12)10-20-22-14/h3-7,10,16-17H,8-9,11H2,1-2H3,(H,19,25)(H,20,22)/t16-,17-/m0/s1. The van der Waals surface area contributed by atoms with E-state index in [-0.39, 0.29) is 18.1 Å². The van der Waals surface area contributed by atoms with Crippen molar-refractivity contribution >= 4 is 16.8 Å². The van der Waals surface area contributed by atoms with Gasteiger partial charge in [-0.2, -0.15) is 10.2 Å². The third kappa shape index (κ3) is 2.97. The molecule has 8 heteroatoms. The number of aromatic nitrogens is 4. The lowest BCUT2D eigenvalue weighted by Gasteiger charge is -2.39. The van der Waals surface area contributed by atoms with E-state index in [9.17, 15) is 4.79 Å². The van der Waals surface area contributed by atoms with Gasteiger partial charge >= 0.3 is 0 Å². The Morgan fingerprint density at radius 2 is 2.27 bits per heavy atom. The van der Waals surface area contributed by atoms with Crippen LogP contribution in [0.25, 0.3) is 10.9 Å². The highest BCUT2D eigenvalue weighted by atomic mass is 16.5. The lowest BCUT2D eigenvalue weighted by molar-refractivity contribution is -0.0629. The summed E-state index contributed by atoms with van der Waals surface area (Å²) >= 11 is 0. The zero-order valence-electron chi connectivity index (χ0n) is 14.8. The summed E-state index contributed by atoms with van der Waals surface area (Å²) < 4.78 is 7.84. The fraction of sp³-hybridized carbons (Fsp3) is 0.389. The minimum absolute atomic E-state index is 0.0428. The first-order chi connectivity index (χ1) is 12.6. The van der Waals surface area contributed by atoms with Gasteiger partial charge in [-0.05, 0) is 25.2 Å². The Hall–Kier alpha value is -2.71. The van der Waals surface area contributed by atoms with Crippen molar-refractivity contribution in [1.29, 1.82) is 0 Å². The van der Waals surface area contributed by atoms with Crippen LogP contribution in [0.5, 0.6) is 0 Å². The number of hydrogen-bond acceptors (Lipinski definition) is 5. The Morgan fingerprint density at radius 3 is 3.08 bits per heavy atom. The molecule has 1 aliphatic rings. The fourth-order valence-electron chi connectivity index (χ4n) is 3.58. The summed E-state index contributed by atoms with van der Waals surface area (Å²) in [5, 5.41) is 15.0. The first-order valence-corrected chi connectivity index (χ1v) is 8.65. The molecular weight excluding hydrogens is 332 g/mol. The highest BCUT2D eigenvalue weighted by Crippen LogP contribution is 2.27. The number of nitrogens with zero attached hydrogens (tertiary/aromatic N) is 4. The van der Waals surface area contributed by atoms with Gasteiger partial charge in [0.2, 0.25) is 0 Å². The molecule has 0 bridgehead atoms. The lowest BCUT2D eigenvalue weighted by atomic mass is 10.0. The molecule has 2 N–H and O–H groups in total. The van der Waals surface area contributed by atoms with Crippen molar-refractivity contribution in [2.75, 3.05) is 26.7 Å². The summed E-state index contributed by atoms with van der Waals surface area (Å²) in [5.74, 6) is -0.127. The van der Waals surface area contributed by atoms with Crippen molar-refractivity contribution in [1.82, 2.24) is 30.2 Å². The van der Waals surface area contributed by atoms with Crippen molar-refractivity contribution in [2.24, 2.45) is 7.05 Å². The molecule has 1 aromatic carbocycles. The number of nitrogens with one attached hydrogen (secondary N) is 2. The Labute approximate surface area is 151 Å². The SMILES string of the molecule is CN1CCO[C@@H](CNC(=O)c2cccc3[nH]ncc23)[C@@H]1c1ccnn1C. The van der Waals surface area contributed by atoms with Crippen LogP contribution in [0.3, 0.4) is 0 Å². The van der Waals surface area contributed by atoms with E-state index >= 15 is 0 Å². The Morgan fingerprint density at radius 1 is 1.38 bits per heavy atom. The van der Waals surface area contributed by atoms with Crippen molar-refractivity contribution in [3.8, 4) is 0 Å². The van der Waals surface area contributed by atoms with E-state index in [1.807, 2.05) is 29.9 Å². The molecule has 1 amide bonds. The van der Waals surface area contributed by atoms with Crippen LogP contribution in [-0.2, 0) is 11.8 Å². The maximum Gasteiger partial charge on any atom is 0.252 e. The number of benzene rings is 1. The number of aryl methyl sites for hydroxylation is 1. The van der Waals surface area contributed by atoms with Crippen LogP contribution in [0.1, 0.15) is 22.1 Å². The minimum Gasteiger partial charge on any atom is -0.373 e. The molecule has 2 atom stereocenters. The van der Waals surface area contributed by atoms with Gasteiger partial charge in [0.15, 0.2) is 0 Å². The Kier molecular flexibility index (Phi) is 4.44. The third-order valence-electron chi connectivity index (χ3n) is 4.96. The largest absolute Gasteiger partial charge is 0.373 e. The van der Waals surface area contributed by atoms with Crippen molar-refractivity contribution in [2.45, 2.75) is 12.1 Å². The number of carbonyl (C=O) groups is 1. The van der Waals surface area contributed by atoms with Crippen LogP contribution < -0.4 is 5.32 Å². The van der Waals surface area contributed by atoms with Crippen LogP contribution in [0, 0.1) is 0 Å². The van der Waals surface area contributed by atoms with Crippen LogP contribution in [0.15, 0.2) is 36.7 Å². The molecule has 0 saturated carbocycles. The van der Waals surface area contributed by atoms with Gasteiger partial charge in [-0.3, -0.25) is 19.5 Å². The number of ether oxygens (including phenoxy) is 1. The molecule has 26 heavy (non-hydrogen) atoms. The number of morpholine rings is 1. The summed E-state index contributed by atoms with van der Waals surface area (Å²) in [6, 6.07) is 7.59. The van der Waals surface area contributed by atoms with E-state index in [1.54, 1.807) is 18.5 Å². The number of carbonyl (C=O) groups excluding carboxylic acids is 1. The maximum atomic E-state index is 12.7. The first kappa shape index (κ1) is 16.7. The van der Waals surface area contributed by atoms with Gasteiger partial charge in [-0.15, -0.1) is 0 Å².